The molecule has 9 heteroatoms. The van der Waals surface area contributed by atoms with Crippen LogP contribution in [0.5, 0.6) is 0 Å². The number of anilines is 1. The van der Waals surface area contributed by atoms with Crippen LogP contribution in [0.2, 0.25) is 0 Å². The number of fused-ring (bicyclic) bond motifs is 1. The molecule has 2 unspecified atom stereocenters. The maximum Gasteiger partial charge on any atom is 0.413 e. The van der Waals surface area contributed by atoms with Crippen molar-refractivity contribution in [2.45, 2.75) is 62.2 Å². The van der Waals surface area contributed by atoms with E-state index < -0.39 is 30.0 Å². The molecule has 33 heavy (non-hydrogen) atoms. The number of carbonyl (C=O) groups is 1. The number of carbonyl (C=O) groups excluding carboxylic acids is 1. The molecule has 1 amide bonds. The average molecular weight is 467 g/mol. The van der Waals surface area contributed by atoms with Crippen LogP contribution in [-0.4, -0.2) is 61.4 Å². The summed E-state index contributed by atoms with van der Waals surface area (Å²) in [6, 6.07) is 3.17. The van der Waals surface area contributed by atoms with Gasteiger partial charge in [-0.3, -0.25) is 10.1 Å². The fourth-order valence-electron chi connectivity index (χ4n) is 4.87. The van der Waals surface area contributed by atoms with Crippen molar-refractivity contribution >= 4 is 11.6 Å². The van der Waals surface area contributed by atoms with Gasteiger partial charge in [-0.1, -0.05) is 30.9 Å². The van der Waals surface area contributed by atoms with E-state index in [4.69, 9.17) is 0 Å². The summed E-state index contributed by atoms with van der Waals surface area (Å²) < 4.78 is 55.5. The highest BCUT2D eigenvalue weighted by molar-refractivity contribution is 5.78. The first kappa shape index (κ1) is 23.8. The molecule has 3 heterocycles. The van der Waals surface area contributed by atoms with Crippen LogP contribution in [0.1, 0.15) is 36.4 Å². The zero-order valence-electron chi connectivity index (χ0n) is 18.6. The predicted octanol–water partition coefficient (Wildman–Crippen LogP) is 3.65. The van der Waals surface area contributed by atoms with Gasteiger partial charge in [0.1, 0.15) is 6.17 Å². The number of alkyl halides is 4. The van der Waals surface area contributed by atoms with E-state index in [0.717, 1.165) is 12.1 Å². The standard InChI is InChI=1S/C24H30F4N4O/c1-14(24(26,27)28)23-17-4-3-5-20(31-21-10-11-32(2)13-19(21)25)18(17)12-16(30-23)7-6-15-8-9-22(33)29-15/h3-7,15-16,19,21,23,30-31H,1,8-13H2,2H3,(H,29,33)/b7-6+/t15-,16?,19+,21-,23?/m1/s1. The number of nitrogens with one attached hydrogen (secondary N) is 3. The van der Waals surface area contributed by atoms with E-state index in [1.165, 1.54) is 0 Å². The minimum absolute atomic E-state index is 0.0275. The molecule has 4 rings (SSSR count). The third-order valence-electron chi connectivity index (χ3n) is 6.73. The fraction of sp³-hybridized carbons (Fsp3) is 0.542. The zero-order valence-corrected chi connectivity index (χ0v) is 18.6. The van der Waals surface area contributed by atoms with Crippen LogP contribution in [0.3, 0.4) is 0 Å². The van der Waals surface area contributed by atoms with Gasteiger partial charge in [-0.05, 0) is 43.5 Å². The smallest absolute Gasteiger partial charge is 0.379 e. The van der Waals surface area contributed by atoms with Crippen molar-refractivity contribution < 1.29 is 22.4 Å². The Morgan fingerprint density at radius 3 is 2.67 bits per heavy atom. The summed E-state index contributed by atoms with van der Waals surface area (Å²) in [6.07, 6.45) is 0.206. The molecule has 3 aliphatic rings. The van der Waals surface area contributed by atoms with E-state index in [2.05, 4.69) is 22.5 Å². The van der Waals surface area contributed by atoms with Crippen LogP contribution in [0.4, 0.5) is 23.2 Å². The number of nitrogens with zero attached hydrogens (tertiary/aromatic N) is 1. The van der Waals surface area contributed by atoms with Crippen LogP contribution in [-0.2, 0) is 11.2 Å². The third kappa shape index (κ3) is 5.41. The van der Waals surface area contributed by atoms with Gasteiger partial charge < -0.3 is 15.5 Å². The lowest BCUT2D eigenvalue weighted by Gasteiger charge is -2.37. The summed E-state index contributed by atoms with van der Waals surface area (Å²) >= 11 is 0. The average Bonchev–Trinajstić information content (AvgIpc) is 3.18. The number of amides is 1. The molecule has 0 saturated carbocycles. The molecule has 5 nitrogen and oxygen atoms in total. The Kier molecular flexibility index (Phi) is 6.81. The Morgan fingerprint density at radius 1 is 1.24 bits per heavy atom. The van der Waals surface area contributed by atoms with Crippen LogP contribution < -0.4 is 16.0 Å². The van der Waals surface area contributed by atoms with Crippen LogP contribution in [0, 0.1) is 0 Å². The largest absolute Gasteiger partial charge is 0.413 e. The summed E-state index contributed by atoms with van der Waals surface area (Å²) in [5.74, 6) is -0.0275. The third-order valence-corrected chi connectivity index (χ3v) is 6.73. The molecule has 0 spiro atoms. The molecule has 2 saturated heterocycles. The molecule has 5 atom stereocenters. The molecule has 0 bridgehead atoms. The molecular formula is C24H30F4N4O. The van der Waals surface area contributed by atoms with E-state index in [1.54, 1.807) is 18.2 Å². The highest BCUT2D eigenvalue weighted by Gasteiger charge is 2.41. The summed E-state index contributed by atoms with van der Waals surface area (Å²) in [6.45, 7) is 4.41. The lowest BCUT2D eigenvalue weighted by Crippen LogP contribution is -2.46. The number of rotatable bonds is 5. The van der Waals surface area contributed by atoms with E-state index in [-0.39, 0.29) is 18.0 Å². The Balaban J connectivity index is 1.62. The molecule has 3 aliphatic heterocycles. The second kappa shape index (κ2) is 9.46. The zero-order chi connectivity index (χ0) is 23.8. The van der Waals surface area contributed by atoms with Crippen LogP contribution in [0.25, 0.3) is 0 Å². The second-order valence-electron chi connectivity index (χ2n) is 9.22. The maximum atomic E-state index is 14.7. The number of piperidine rings is 1. The van der Waals surface area contributed by atoms with Crippen molar-refractivity contribution in [1.82, 2.24) is 15.5 Å². The van der Waals surface area contributed by atoms with E-state index in [9.17, 15) is 22.4 Å². The van der Waals surface area contributed by atoms with E-state index >= 15 is 0 Å². The number of likely N-dealkylation sites (tertiary alicyclic amines) is 1. The number of hydrogen-bond acceptors (Lipinski definition) is 4. The Hall–Kier alpha value is -2.39. The first-order valence-corrected chi connectivity index (χ1v) is 11.3. The monoisotopic (exact) mass is 466 g/mol. The SMILES string of the molecule is C=C(C1NC(/C=C/[C@@H]2CCC(=O)N2)Cc2c(N[C@@H]3CCN(C)C[C@@H]3F)cccc21)C(F)(F)F. The van der Waals surface area contributed by atoms with Crippen molar-refractivity contribution in [3.8, 4) is 0 Å². The molecule has 2 fully saturated rings. The molecule has 180 valence electrons. The minimum atomic E-state index is -4.55. The lowest BCUT2D eigenvalue weighted by atomic mass is 9.85. The van der Waals surface area contributed by atoms with Crippen LogP contribution in [0.15, 0.2) is 42.5 Å². The van der Waals surface area contributed by atoms with Gasteiger partial charge in [0.2, 0.25) is 5.91 Å². The van der Waals surface area contributed by atoms with Crippen molar-refractivity contribution in [1.29, 1.82) is 0 Å². The molecule has 0 aromatic heterocycles. The first-order valence-electron chi connectivity index (χ1n) is 11.3. The van der Waals surface area contributed by atoms with Gasteiger partial charge in [-0.25, -0.2) is 4.39 Å². The summed E-state index contributed by atoms with van der Waals surface area (Å²) in [7, 11) is 1.87. The van der Waals surface area contributed by atoms with Gasteiger partial charge in [0.25, 0.3) is 0 Å². The second-order valence-corrected chi connectivity index (χ2v) is 9.22. The lowest BCUT2D eigenvalue weighted by molar-refractivity contribution is -0.119. The molecule has 0 radical (unpaired) electrons. The number of halogens is 4. The fourth-order valence-corrected chi connectivity index (χ4v) is 4.87. The normalized spacial score (nSPS) is 30.8. The van der Waals surface area contributed by atoms with Gasteiger partial charge >= 0.3 is 6.18 Å². The van der Waals surface area contributed by atoms with Crippen molar-refractivity contribution in [3.63, 3.8) is 0 Å². The van der Waals surface area contributed by atoms with Crippen LogP contribution >= 0.6 is 0 Å². The highest BCUT2D eigenvalue weighted by atomic mass is 19.4. The van der Waals surface area contributed by atoms with Gasteiger partial charge in [-0.2, -0.15) is 13.2 Å². The first-order chi connectivity index (χ1) is 15.6. The number of hydrogen-bond donors (Lipinski definition) is 3. The summed E-state index contributed by atoms with van der Waals surface area (Å²) in [5.41, 5.74) is 1.04. The van der Waals surface area contributed by atoms with E-state index in [1.807, 2.05) is 24.1 Å². The van der Waals surface area contributed by atoms with Gasteiger partial charge in [-0.15, -0.1) is 0 Å². The quantitative estimate of drug-likeness (QED) is 0.458. The molecule has 3 N–H and O–H groups in total. The topological polar surface area (TPSA) is 56.4 Å². The van der Waals surface area contributed by atoms with E-state index in [0.29, 0.717) is 43.5 Å². The van der Waals surface area contributed by atoms with Gasteiger partial charge in [0, 0.05) is 42.9 Å². The summed E-state index contributed by atoms with van der Waals surface area (Å²) in [5, 5.41) is 9.18. The van der Waals surface area contributed by atoms with Crippen molar-refractivity contribution in [2.24, 2.45) is 0 Å². The molecule has 0 aliphatic carbocycles. The predicted molar refractivity (Wildman–Crippen MR) is 120 cm³/mol. The Morgan fingerprint density at radius 2 is 2.00 bits per heavy atom. The molecule has 1 aromatic carbocycles. The minimum Gasteiger partial charge on any atom is -0.379 e. The number of benzene rings is 1. The molecular weight excluding hydrogens is 436 g/mol. The Labute approximate surface area is 191 Å². The Bertz CT molecular complexity index is 932. The van der Waals surface area contributed by atoms with Crippen molar-refractivity contribution in [2.75, 3.05) is 25.5 Å². The van der Waals surface area contributed by atoms with Gasteiger partial charge in [0.15, 0.2) is 0 Å². The highest BCUT2D eigenvalue weighted by Crippen LogP contribution is 2.40. The molecule has 1 aromatic rings. The maximum absolute atomic E-state index is 14.7. The summed E-state index contributed by atoms with van der Waals surface area (Å²) in [4.78, 5) is 13.4. The van der Waals surface area contributed by atoms with Crippen molar-refractivity contribution in [3.05, 3.63) is 53.6 Å². The van der Waals surface area contributed by atoms with Gasteiger partial charge in [0.05, 0.1) is 12.1 Å².